The van der Waals surface area contributed by atoms with Gasteiger partial charge in [-0.1, -0.05) is 18.2 Å². The van der Waals surface area contributed by atoms with Crippen LogP contribution in [0.3, 0.4) is 0 Å². The molecule has 0 fully saturated rings. The Morgan fingerprint density at radius 3 is 2.25 bits per heavy atom. The molecule has 0 radical (unpaired) electrons. The van der Waals surface area contributed by atoms with E-state index in [9.17, 15) is 20.1 Å². The van der Waals surface area contributed by atoms with Crippen LogP contribution in [0.15, 0.2) is 53.3 Å². The highest BCUT2D eigenvalue weighted by Crippen LogP contribution is 2.30. The number of ether oxygens (including phenoxy) is 3. The van der Waals surface area contributed by atoms with Crippen molar-refractivity contribution >= 4 is 11.8 Å². The number of nitriles is 2. The summed E-state index contributed by atoms with van der Waals surface area (Å²) in [4.78, 5) is 26.0. The number of methoxy groups -OCH3 is 1. The number of anilines is 1. The number of nitrogens with zero attached hydrogens (tertiary/aromatic N) is 2. The summed E-state index contributed by atoms with van der Waals surface area (Å²) in [6, 6.07) is 16.9. The summed E-state index contributed by atoms with van der Waals surface area (Å²) in [6.07, 6.45) is 0. The van der Waals surface area contributed by atoms with Gasteiger partial charge in [0, 0.05) is 5.56 Å². The van der Waals surface area contributed by atoms with E-state index in [1.807, 2.05) is 12.1 Å². The number of rotatable bonds is 7. The summed E-state index contributed by atoms with van der Waals surface area (Å²) in [5, 5.41) is 18.8. The highest BCUT2D eigenvalue weighted by molar-refractivity contribution is 5.89. The van der Waals surface area contributed by atoms with Gasteiger partial charge in [0.1, 0.15) is 53.8 Å². The largest absolute Gasteiger partial charge is 0.490 e. The maximum absolute atomic E-state index is 12.1. The van der Waals surface area contributed by atoms with Gasteiger partial charge in [0.05, 0.1) is 12.7 Å². The van der Waals surface area contributed by atoms with Crippen LogP contribution in [0, 0.1) is 22.7 Å². The van der Waals surface area contributed by atoms with Crippen molar-refractivity contribution in [1.29, 1.82) is 10.5 Å². The molecule has 0 saturated carbocycles. The highest BCUT2D eigenvalue weighted by atomic mass is 16.5. The molecule has 0 aliphatic heterocycles. The van der Waals surface area contributed by atoms with E-state index in [0.29, 0.717) is 22.6 Å². The number of aromatic amines is 1. The summed E-state index contributed by atoms with van der Waals surface area (Å²) in [5.41, 5.74) is 5.85. The van der Waals surface area contributed by atoms with Crippen LogP contribution < -0.4 is 20.8 Å². The molecule has 160 valence electrons. The lowest BCUT2D eigenvalue weighted by Crippen LogP contribution is -2.16. The topological polar surface area (TPSA) is 151 Å². The van der Waals surface area contributed by atoms with E-state index in [1.165, 1.54) is 7.11 Å². The number of benzene rings is 2. The van der Waals surface area contributed by atoms with Crippen molar-refractivity contribution in [2.75, 3.05) is 26.1 Å². The molecule has 32 heavy (non-hydrogen) atoms. The Balaban J connectivity index is 1.74. The van der Waals surface area contributed by atoms with Crippen LogP contribution in [0.1, 0.15) is 21.5 Å². The van der Waals surface area contributed by atoms with Crippen molar-refractivity contribution in [2.24, 2.45) is 0 Å². The van der Waals surface area contributed by atoms with Gasteiger partial charge in [-0.25, -0.2) is 4.79 Å². The van der Waals surface area contributed by atoms with Crippen LogP contribution in [-0.2, 0) is 4.74 Å². The first-order valence-electron chi connectivity index (χ1n) is 9.38. The zero-order valence-electron chi connectivity index (χ0n) is 17.0. The van der Waals surface area contributed by atoms with Crippen molar-refractivity contribution in [1.82, 2.24) is 4.98 Å². The molecule has 1 aromatic heterocycles. The maximum Gasteiger partial charge on any atom is 0.337 e. The fourth-order valence-electron chi connectivity index (χ4n) is 3.02. The molecule has 0 spiro atoms. The highest BCUT2D eigenvalue weighted by Gasteiger charge is 2.18. The minimum atomic E-state index is -0.673. The first-order chi connectivity index (χ1) is 15.5. The minimum Gasteiger partial charge on any atom is -0.490 e. The zero-order valence-corrected chi connectivity index (χ0v) is 17.0. The lowest BCUT2D eigenvalue weighted by atomic mass is 9.96. The number of aromatic nitrogens is 1. The molecule has 0 aliphatic rings. The van der Waals surface area contributed by atoms with Crippen LogP contribution in [0.5, 0.6) is 11.5 Å². The number of nitrogen functional groups attached to an aromatic ring is 1. The van der Waals surface area contributed by atoms with Crippen LogP contribution in [0.25, 0.3) is 11.1 Å². The van der Waals surface area contributed by atoms with E-state index >= 15 is 0 Å². The summed E-state index contributed by atoms with van der Waals surface area (Å²) in [5.74, 6) is 0.361. The Kier molecular flexibility index (Phi) is 6.74. The smallest absolute Gasteiger partial charge is 0.337 e. The fraction of sp³-hybridized carbons (Fsp3) is 0.130. The number of hydrogen-bond acceptors (Lipinski definition) is 8. The van der Waals surface area contributed by atoms with E-state index in [2.05, 4.69) is 9.72 Å². The van der Waals surface area contributed by atoms with Gasteiger partial charge in [-0.2, -0.15) is 10.5 Å². The molecule has 9 nitrogen and oxygen atoms in total. The Bertz CT molecular complexity index is 1300. The fourth-order valence-corrected chi connectivity index (χ4v) is 3.02. The number of esters is 1. The predicted molar refractivity (Wildman–Crippen MR) is 115 cm³/mol. The van der Waals surface area contributed by atoms with Gasteiger partial charge >= 0.3 is 5.97 Å². The first kappa shape index (κ1) is 21.9. The lowest BCUT2D eigenvalue weighted by Gasteiger charge is -2.12. The van der Waals surface area contributed by atoms with Crippen molar-refractivity contribution in [2.45, 2.75) is 0 Å². The van der Waals surface area contributed by atoms with E-state index in [1.54, 1.807) is 48.5 Å². The van der Waals surface area contributed by atoms with Crippen LogP contribution in [0.4, 0.5) is 5.82 Å². The molecular weight excluding hydrogens is 412 g/mol. The maximum atomic E-state index is 12.1. The van der Waals surface area contributed by atoms with Crippen molar-refractivity contribution in [3.05, 3.63) is 75.6 Å². The number of carbonyl (C=O) groups is 1. The number of hydrogen-bond donors (Lipinski definition) is 2. The van der Waals surface area contributed by atoms with Crippen LogP contribution in [0.2, 0.25) is 0 Å². The number of pyridine rings is 1. The molecule has 3 N–H and O–H groups in total. The Labute approximate surface area is 183 Å². The Morgan fingerprint density at radius 1 is 1.00 bits per heavy atom. The van der Waals surface area contributed by atoms with Gasteiger partial charge in [0.2, 0.25) is 0 Å². The molecule has 0 saturated heterocycles. The summed E-state index contributed by atoms with van der Waals surface area (Å²) in [7, 11) is 1.30. The van der Waals surface area contributed by atoms with Crippen molar-refractivity contribution in [3.8, 4) is 34.8 Å². The molecule has 1 heterocycles. The third kappa shape index (κ3) is 4.69. The molecule has 9 heteroatoms. The van der Waals surface area contributed by atoms with Gasteiger partial charge < -0.3 is 24.9 Å². The molecule has 0 amide bonds. The summed E-state index contributed by atoms with van der Waals surface area (Å²) in [6.45, 7) is 0.374. The van der Waals surface area contributed by atoms with Gasteiger partial charge in [-0.05, 0) is 35.9 Å². The standard InChI is InChI=1S/C23H18N4O5/c1-30-23(29)15-5-3-7-17(11-15)32-9-8-31-16-6-2-4-14(10-16)20-18(12-24)21(26)27-22(28)19(20)13-25/h2-7,10-11H,8-9H2,1H3,(H3,26,27,28). The number of nitrogens with one attached hydrogen (secondary N) is 1. The third-order valence-electron chi connectivity index (χ3n) is 4.47. The average Bonchev–Trinajstić information content (AvgIpc) is 2.81. The van der Waals surface area contributed by atoms with Crippen LogP contribution >= 0.6 is 0 Å². The summed E-state index contributed by atoms with van der Waals surface area (Å²) < 4.78 is 16.0. The predicted octanol–water partition coefficient (Wildman–Crippen LogP) is 2.61. The normalized spacial score (nSPS) is 9.97. The molecule has 0 atom stereocenters. The minimum absolute atomic E-state index is 0.00659. The number of H-pyrrole nitrogens is 1. The van der Waals surface area contributed by atoms with Crippen molar-refractivity contribution < 1.29 is 19.0 Å². The van der Waals surface area contributed by atoms with E-state index in [-0.39, 0.29) is 35.7 Å². The molecular formula is C23H18N4O5. The van der Waals surface area contributed by atoms with E-state index in [4.69, 9.17) is 15.2 Å². The Morgan fingerprint density at radius 2 is 1.62 bits per heavy atom. The summed E-state index contributed by atoms with van der Waals surface area (Å²) >= 11 is 0. The monoisotopic (exact) mass is 430 g/mol. The van der Waals surface area contributed by atoms with Crippen LogP contribution in [-0.4, -0.2) is 31.3 Å². The van der Waals surface area contributed by atoms with Gasteiger partial charge in [-0.3, -0.25) is 4.79 Å². The Hall–Kier alpha value is -4.76. The third-order valence-corrected chi connectivity index (χ3v) is 4.47. The SMILES string of the molecule is COC(=O)c1cccc(OCCOc2cccc(-c3c(C#N)c(N)[nH]c(=O)c3C#N)c2)c1. The quantitative estimate of drug-likeness (QED) is 0.429. The number of carbonyl (C=O) groups excluding carboxylic acids is 1. The first-order valence-corrected chi connectivity index (χ1v) is 9.38. The lowest BCUT2D eigenvalue weighted by molar-refractivity contribution is 0.0600. The second-order valence-electron chi connectivity index (χ2n) is 6.46. The van der Waals surface area contributed by atoms with Crippen molar-refractivity contribution in [3.63, 3.8) is 0 Å². The second-order valence-corrected chi connectivity index (χ2v) is 6.46. The van der Waals surface area contributed by atoms with E-state index in [0.717, 1.165) is 0 Å². The molecule has 0 unspecified atom stereocenters. The van der Waals surface area contributed by atoms with Gasteiger partial charge in [-0.15, -0.1) is 0 Å². The second kappa shape index (κ2) is 9.83. The van der Waals surface area contributed by atoms with Gasteiger partial charge in [0.15, 0.2) is 0 Å². The molecule has 3 aromatic rings. The average molecular weight is 430 g/mol. The number of nitrogens with two attached hydrogens (primary N) is 1. The molecule has 2 aromatic carbocycles. The van der Waals surface area contributed by atoms with Gasteiger partial charge in [0.25, 0.3) is 5.56 Å². The van der Waals surface area contributed by atoms with E-state index < -0.39 is 11.5 Å². The molecule has 0 aliphatic carbocycles. The molecule has 3 rings (SSSR count). The zero-order chi connectivity index (χ0) is 23.1. The molecule has 0 bridgehead atoms.